The first-order valence-corrected chi connectivity index (χ1v) is 5.09. The lowest BCUT2D eigenvalue weighted by Crippen LogP contribution is -2.30. The molecule has 0 bridgehead atoms. The van der Waals surface area contributed by atoms with Crippen molar-refractivity contribution >= 4 is 14.6 Å². The van der Waals surface area contributed by atoms with E-state index in [1.165, 1.54) is 5.56 Å². The Balaban J connectivity index is 2.37. The summed E-state index contributed by atoms with van der Waals surface area (Å²) in [5.74, 6) is 0. The van der Waals surface area contributed by atoms with Crippen molar-refractivity contribution in [2.24, 2.45) is 0 Å². The zero-order chi connectivity index (χ0) is 9.31. The maximum atomic E-state index is 12.1. The van der Waals surface area contributed by atoms with Crippen LogP contribution in [0.4, 0.5) is 5.69 Å². The topological polar surface area (TPSA) is 32.3 Å². The highest BCUT2D eigenvalue weighted by atomic mass is 31.1. The second-order valence-corrected chi connectivity index (χ2v) is 4.45. The van der Waals surface area contributed by atoms with E-state index in [2.05, 4.69) is 0 Å². The van der Waals surface area contributed by atoms with Crippen LogP contribution >= 0.6 is 8.96 Å². The first kappa shape index (κ1) is 9.10. The van der Waals surface area contributed by atoms with Crippen molar-refractivity contribution in [1.82, 2.24) is 4.42 Å². The zero-order valence-corrected chi connectivity index (χ0v) is 8.49. The minimum absolute atomic E-state index is 0.0296. The molecule has 0 spiro atoms. The fraction of sp³-hybridized carbons (Fsp3) is 0.333. The molecule has 1 aliphatic heterocycles. The van der Waals surface area contributed by atoms with E-state index in [-0.39, 0.29) is 13.4 Å². The van der Waals surface area contributed by atoms with Gasteiger partial charge in [-0.05, 0) is 6.07 Å². The van der Waals surface area contributed by atoms with Gasteiger partial charge in [0.05, 0.1) is 6.54 Å². The first-order valence-electron chi connectivity index (χ1n) is 4.24. The third-order valence-electron chi connectivity index (χ3n) is 2.32. The van der Waals surface area contributed by atoms with E-state index in [0.717, 1.165) is 12.1 Å². The lowest BCUT2D eigenvalue weighted by molar-refractivity contribution is 0.435. The van der Waals surface area contributed by atoms with Crippen LogP contribution in [0.1, 0.15) is 5.56 Å². The predicted molar refractivity (Wildman–Crippen MR) is 55.5 cm³/mol. The highest BCUT2D eigenvalue weighted by Gasteiger charge is 2.30. The highest BCUT2D eigenvalue weighted by Crippen LogP contribution is 2.43. The second kappa shape index (κ2) is 3.35. The van der Waals surface area contributed by atoms with Crippen LogP contribution in [0.15, 0.2) is 24.3 Å². The van der Waals surface area contributed by atoms with Gasteiger partial charge < -0.3 is 9.73 Å². The Morgan fingerprint density at radius 1 is 1.46 bits per heavy atom. The molecule has 70 valence electrons. The van der Waals surface area contributed by atoms with Crippen LogP contribution in [0.2, 0.25) is 0 Å². The molecule has 1 heterocycles. The number of hydrogen-bond acceptors (Lipinski definition) is 2. The fourth-order valence-electron chi connectivity index (χ4n) is 1.72. The van der Waals surface area contributed by atoms with Gasteiger partial charge in [0.15, 0.2) is 0 Å². The monoisotopic (exact) mass is 197 g/mol. The molecule has 0 aromatic heterocycles. The molecule has 0 amide bonds. The SMILES string of the molecule is COP[N+]1([O-])CCc2ccccc21. The normalized spacial score (nSPS) is 26.9. The van der Waals surface area contributed by atoms with Crippen molar-refractivity contribution in [1.29, 1.82) is 0 Å². The molecule has 0 saturated heterocycles. The third-order valence-corrected chi connectivity index (χ3v) is 3.26. The highest BCUT2D eigenvalue weighted by molar-refractivity contribution is 7.32. The van der Waals surface area contributed by atoms with Crippen LogP contribution in [-0.4, -0.2) is 13.7 Å². The Labute approximate surface area is 79.4 Å². The summed E-state index contributed by atoms with van der Waals surface area (Å²) in [5.41, 5.74) is 2.05. The van der Waals surface area contributed by atoms with Gasteiger partial charge in [0.25, 0.3) is 0 Å². The summed E-state index contributed by atoms with van der Waals surface area (Å²) in [4.78, 5) is 0. The van der Waals surface area contributed by atoms with Crippen LogP contribution in [0.3, 0.4) is 0 Å². The first-order chi connectivity index (χ1) is 6.26. The molecule has 0 radical (unpaired) electrons. The zero-order valence-electron chi connectivity index (χ0n) is 7.49. The Morgan fingerprint density at radius 2 is 2.23 bits per heavy atom. The van der Waals surface area contributed by atoms with Crippen LogP contribution in [0.5, 0.6) is 0 Å². The lowest BCUT2D eigenvalue weighted by atomic mass is 10.2. The molecule has 0 N–H and O–H groups in total. The van der Waals surface area contributed by atoms with Crippen molar-refractivity contribution < 1.29 is 4.52 Å². The van der Waals surface area contributed by atoms with Crippen molar-refractivity contribution in [3.05, 3.63) is 35.0 Å². The molecule has 3 nitrogen and oxygen atoms in total. The molecule has 4 heteroatoms. The molecular formula is C9H12NO2P. The largest absolute Gasteiger partial charge is 0.625 e. The van der Waals surface area contributed by atoms with Crippen molar-refractivity contribution in [2.75, 3.05) is 13.7 Å². The van der Waals surface area contributed by atoms with Gasteiger partial charge in [-0.15, -0.1) is 0 Å². The van der Waals surface area contributed by atoms with E-state index in [1.807, 2.05) is 24.3 Å². The van der Waals surface area contributed by atoms with Gasteiger partial charge in [0, 0.05) is 19.1 Å². The molecule has 0 fully saturated rings. The average Bonchev–Trinajstić information content (AvgIpc) is 2.46. The Morgan fingerprint density at radius 3 is 3.00 bits per heavy atom. The van der Waals surface area contributed by atoms with Crippen LogP contribution < -0.4 is 4.42 Å². The Hall–Kier alpha value is -0.470. The van der Waals surface area contributed by atoms with Gasteiger partial charge in [-0.3, -0.25) is 4.42 Å². The van der Waals surface area contributed by atoms with Crippen LogP contribution in [-0.2, 0) is 10.9 Å². The van der Waals surface area contributed by atoms with Crippen molar-refractivity contribution in [3.63, 3.8) is 0 Å². The van der Waals surface area contributed by atoms with Gasteiger partial charge in [-0.1, -0.05) is 18.2 Å². The molecule has 1 aromatic rings. The van der Waals surface area contributed by atoms with E-state index < -0.39 is 0 Å². The summed E-state index contributed by atoms with van der Waals surface area (Å²) < 4.78 is 4.67. The molecule has 2 unspecified atom stereocenters. The summed E-state index contributed by atoms with van der Waals surface area (Å²) in [6.07, 6.45) is 0.871. The minimum Gasteiger partial charge on any atom is -0.625 e. The number of quaternary nitrogens is 1. The van der Waals surface area contributed by atoms with Gasteiger partial charge in [-0.2, -0.15) is 0 Å². The molecule has 13 heavy (non-hydrogen) atoms. The lowest BCUT2D eigenvalue weighted by Gasteiger charge is -2.36. The van der Waals surface area contributed by atoms with Gasteiger partial charge >= 0.3 is 0 Å². The molecule has 2 rings (SSSR count). The standard InChI is InChI=1S/C9H12NO2P/c1-12-13-10(11)7-6-8-4-2-3-5-9(8)10/h2-5,13H,6-7H2,1H3. The number of para-hydroxylation sites is 1. The van der Waals surface area contributed by atoms with E-state index >= 15 is 0 Å². The summed E-state index contributed by atoms with van der Waals surface area (Å²) >= 11 is 0. The second-order valence-electron chi connectivity index (χ2n) is 3.14. The van der Waals surface area contributed by atoms with Crippen LogP contribution in [0.25, 0.3) is 0 Å². The molecule has 1 aliphatic rings. The van der Waals surface area contributed by atoms with Crippen molar-refractivity contribution in [2.45, 2.75) is 6.42 Å². The Kier molecular flexibility index (Phi) is 2.35. The van der Waals surface area contributed by atoms with E-state index in [9.17, 15) is 5.21 Å². The van der Waals surface area contributed by atoms with E-state index in [4.69, 9.17) is 4.52 Å². The van der Waals surface area contributed by atoms with Gasteiger partial charge in [-0.25, -0.2) is 0 Å². The van der Waals surface area contributed by atoms with Crippen LogP contribution in [0, 0.1) is 5.21 Å². The summed E-state index contributed by atoms with van der Waals surface area (Å²) in [7, 11) is 1.55. The maximum Gasteiger partial charge on any atom is 0.243 e. The number of hydroxylamine groups is 1. The van der Waals surface area contributed by atoms with Gasteiger partial charge in [0.1, 0.15) is 5.69 Å². The summed E-state index contributed by atoms with van der Waals surface area (Å²) in [5, 5.41) is 12.1. The maximum absolute atomic E-state index is 12.1. The van der Waals surface area contributed by atoms with E-state index in [1.54, 1.807) is 7.11 Å². The number of hydrogen-bond donors (Lipinski definition) is 0. The van der Waals surface area contributed by atoms with Crippen molar-refractivity contribution in [3.8, 4) is 0 Å². The number of nitrogens with zero attached hydrogens (tertiary/aromatic N) is 1. The molecule has 2 atom stereocenters. The molecular weight excluding hydrogens is 185 g/mol. The molecule has 0 aliphatic carbocycles. The predicted octanol–water partition coefficient (Wildman–Crippen LogP) is 2.20. The fourth-order valence-corrected chi connectivity index (χ4v) is 2.53. The number of fused-ring (bicyclic) bond motifs is 1. The quantitative estimate of drug-likeness (QED) is 0.537. The molecule has 1 aromatic carbocycles. The average molecular weight is 197 g/mol. The number of benzene rings is 1. The van der Waals surface area contributed by atoms with E-state index in [0.29, 0.717) is 6.54 Å². The summed E-state index contributed by atoms with van der Waals surface area (Å²) in [6.45, 7) is 0.617. The Bertz CT molecular complexity index is 314. The smallest absolute Gasteiger partial charge is 0.243 e. The molecule has 0 saturated carbocycles. The number of rotatable bonds is 2. The minimum atomic E-state index is -0.299. The third kappa shape index (κ3) is 1.49. The summed E-state index contributed by atoms with van der Waals surface area (Å²) in [6, 6.07) is 7.81. The van der Waals surface area contributed by atoms with Gasteiger partial charge in [0.2, 0.25) is 8.96 Å².